The number of nitrogens with one attached hydrogen (secondary N) is 1. The van der Waals surface area contributed by atoms with E-state index in [-0.39, 0.29) is 15.6 Å². The van der Waals surface area contributed by atoms with Crippen LogP contribution >= 0.6 is 23.4 Å². The molecule has 0 aromatic heterocycles. The summed E-state index contributed by atoms with van der Waals surface area (Å²) < 4.78 is 53.6. The Morgan fingerprint density at radius 1 is 1.10 bits per heavy atom. The SMILES string of the molecule is C[C@@H](Sc1ccc(F)c(F)c1)C(=O)Nc1cc(S(=O)(=O)N2CCCCC2)ccc1Cl. The largest absolute Gasteiger partial charge is 0.324 e. The van der Waals surface area contributed by atoms with Gasteiger partial charge in [-0.1, -0.05) is 18.0 Å². The van der Waals surface area contributed by atoms with Crippen LogP contribution in [0.15, 0.2) is 46.2 Å². The lowest BCUT2D eigenvalue weighted by atomic mass is 10.2. The third kappa shape index (κ3) is 5.32. The molecule has 30 heavy (non-hydrogen) atoms. The number of hydrogen-bond acceptors (Lipinski definition) is 4. The predicted octanol–water partition coefficient (Wildman–Crippen LogP) is 4.91. The molecule has 0 bridgehead atoms. The van der Waals surface area contributed by atoms with E-state index in [9.17, 15) is 22.0 Å². The Kier molecular flexibility index (Phi) is 7.38. The second kappa shape index (κ2) is 9.64. The number of anilines is 1. The lowest BCUT2D eigenvalue weighted by Crippen LogP contribution is -2.35. The van der Waals surface area contributed by atoms with Crippen LogP contribution in [0, 0.1) is 11.6 Å². The van der Waals surface area contributed by atoms with Gasteiger partial charge in [0.05, 0.1) is 20.9 Å². The second-order valence-corrected chi connectivity index (χ2v) is 10.7. The molecule has 0 radical (unpaired) electrons. The minimum Gasteiger partial charge on any atom is -0.324 e. The Bertz CT molecular complexity index is 1040. The van der Waals surface area contributed by atoms with Gasteiger partial charge in [0.2, 0.25) is 15.9 Å². The van der Waals surface area contributed by atoms with Crippen molar-refractivity contribution < 1.29 is 22.0 Å². The maximum atomic E-state index is 13.4. The zero-order chi connectivity index (χ0) is 21.9. The zero-order valence-electron chi connectivity index (χ0n) is 16.2. The Morgan fingerprint density at radius 3 is 2.47 bits per heavy atom. The van der Waals surface area contributed by atoms with Crippen LogP contribution in [0.25, 0.3) is 0 Å². The molecule has 5 nitrogen and oxygen atoms in total. The second-order valence-electron chi connectivity index (χ2n) is 6.93. The highest BCUT2D eigenvalue weighted by Gasteiger charge is 2.27. The molecule has 2 aromatic carbocycles. The highest BCUT2D eigenvalue weighted by molar-refractivity contribution is 8.00. The molecule has 0 unspecified atom stereocenters. The summed E-state index contributed by atoms with van der Waals surface area (Å²) in [5, 5.41) is 2.17. The van der Waals surface area contributed by atoms with E-state index in [4.69, 9.17) is 11.6 Å². The van der Waals surface area contributed by atoms with Gasteiger partial charge >= 0.3 is 0 Å². The molecule has 1 heterocycles. The van der Waals surface area contributed by atoms with Crippen LogP contribution in [0.5, 0.6) is 0 Å². The molecule has 162 valence electrons. The lowest BCUT2D eigenvalue weighted by Gasteiger charge is -2.26. The normalized spacial score (nSPS) is 16.3. The van der Waals surface area contributed by atoms with E-state index in [2.05, 4.69) is 5.32 Å². The van der Waals surface area contributed by atoms with Gasteiger partial charge in [0, 0.05) is 18.0 Å². The molecular weight excluding hydrogens is 454 g/mol. The van der Waals surface area contributed by atoms with Gasteiger partial charge < -0.3 is 5.32 Å². The number of benzene rings is 2. The van der Waals surface area contributed by atoms with Crippen molar-refractivity contribution in [3.05, 3.63) is 53.1 Å². The van der Waals surface area contributed by atoms with Crippen LogP contribution in [-0.4, -0.2) is 37.0 Å². The van der Waals surface area contributed by atoms with E-state index in [0.717, 1.165) is 43.2 Å². The van der Waals surface area contributed by atoms with Crippen molar-refractivity contribution in [3.8, 4) is 0 Å². The first-order valence-electron chi connectivity index (χ1n) is 9.41. The molecule has 1 atom stereocenters. The number of hydrogen-bond donors (Lipinski definition) is 1. The predicted molar refractivity (Wildman–Crippen MR) is 114 cm³/mol. The fourth-order valence-corrected chi connectivity index (χ4v) is 5.66. The van der Waals surface area contributed by atoms with Crippen molar-refractivity contribution in [1.82, 2.24) is 4.31 Å². The summed E-state index contributed by atoms with van der Waals surface area (Å²) in [6.45, 7) is 2.53. The number of sulfonamides is 1. The third-order valence-electron chi connectivity index (χ3n) is 4.72. The molecular formula is C20H21ClF2N2O3S2. The first kappa shape index (κ1) is 23.0. The van der Waals surface area contributed by atoms with Crippen molar-refractivity contribution in [2.24, 2.45) is 0 Å². The molecule has 3 rings (SSSR count). The number of nitrogens with zero attached hydrogens (tertiary/aromatic N) is 1. The van der Waals surface area contributed by atoms with Crippen molar-refractivity contribution in [1.29, 1.82) is 0 Å². The van der Waals surface area contributed by atoms with Gasteiger partial charge in [0.15, 0.2) is 11.6 Å². The Morgan fingerprint density at radius 2 is 1.80 bits per heavy atom. The summed E-state index contributed by atoms with van der Waals surface area (Å²) in [5.41, 5.74) is 0.178. The molecule has 1 amide bonds. The summed E-state index contributed by atoms with van der Waals surface area (Å²) in [5.74, 6) is -2.40. The van der Waals surface area contributed by atoms with E-state index < -0.39 is 32.8 Å². The van der Waals surface area contributed by atoms with E-state index in [1.54, 1.807) is 6.92 Å². The van der Waals surface area contributed by atoms with Crippen molar-refractivity contribution in [2.75, 3.05) is 18.4 Å². The molecule has 0 aliphatic carbocycles. The van der Waals surface area contributed by atoms with Gasteiger partial charge in [-0.15, -0.1) is 11.8 Å². The average Bonchev–Trinajstić information content (AvgIpc) is 2.72. The Balaban J connectivity index is 1.74. The highest BCUT2D eigenvalue weighted by atomic mass is 35.5. The molecule has 0 spiro atoms. The van der Waals surface area contributed by atoms with Gasteiger partial charge in [0.1, 0.15) is 0 Å². The standard InChI is InChI=1S/C20H21ClF2N2O3S2/c1-13(29-14-5-8-17(22)18(23)11-14)20(26)24-19-12-15(6-7-16(19)21)30(27,28)25-9-3-2-4-10-25/h5-8,11-13H,2-4,9-10H2,1H3,(H,24,26)/t13-/m1/s1. The molecule has 2 aromatic rings. The molecule has 1 N–H and O–H groups in total. The van der Waals surface area contributed by atoms with E-state index in [1.807, 2.05) is 0 Å². The Hall–Kier alpha value is -1.68. The highest BCUT2D eigenvalue weighted by Crippen LogP contribution is 2.30. The minimum atomic E-state index is -3.67. The summed E-state index contributed by atoms with van der Waals surface area (Å²) in [4.78, 5) is 13.0. The van der Waals surface area contributed by atoms with Gasteiger partial charge in [-0.3, -0.25) is 4.79 Å². The fourth-order valence-electron chi connectivity index (χ4n) is 3.06. The van der Waals surface area contributed by atoms with Crippen LogP contribution in [0.3, 0.4) is 0 Å². The molecule has 1 aliphatic rings. The first-order valence-corrected chi connectivity index (χ1v) is 12.1. The topological polar surface area (TPSA) is 66.5 Å². The van der Waals surface area contributed by atoms with Crippen LogP contribution in [0.1, 0.15) is 26.2 Å². The molecule has 10 heteroatoms. The third-order valence-corrected chi connectivity index (χ3v) is 8.04. The van der Waals surface area contributed by atoms with E-state index >= 15 is 0 Å². The summed E-state index contributed by atoms with van der Waals surface area (Å²) in [7, 11) is -3.67. The minimum absolute atomic E-state index is 0.0602. The van der Waals surface area contributed by atoms with E-state index in [1.165, 1.54) is 28.6 Å². The van der Waals surface area contributed by atoms with Gasteiger partial charge in [-0.05, 0) is 56.2 Å². The fraction of sp³-hybridized carbons (Fsp3) is 0.350. The van der Waals surface area contributed by atoms with Gasteiger partial charge in [-0.25, -0.2) is 17.2 Å². The monoisotopic (exact) mass is 474 g/mol. The van der Waals surface area contributed by atoms with Crippen molar-refractivity contribution in [3.63, 3.8) is 0 Å². The maximum Gasteiger partial charge on any atom is 0.243 e. The van der Waals surface area contributed by atoms with Crippen LogP contribution in [0.2, 0.25) is 5.02 Å². The smallest absolute Gasteiger partial charge is 0.243 e. The lowest BCUT2D eigenvalue weighted by molar-refractivity contribution is -0.115. The number of carbonyl (C=O) groups is 1. The molecule has 1 fully saturated rings. The molecule has 1 aliphatic heterocycles. The van der Waals surface area contributed by atoms with Crippen LogP contribution < -0.4 is 5.32 Å². The number of rotatable bonds is 6. The first-order chi connectivity index (χ1) is 14.2. The van der Waals surface area contributed by atoms with Crippen molar-refractivity contribution >= 4 is 45.0 Å². The van der Waals surface area contributed by atoms with Gasteiger partial charge in [0.25, 0.3) is 0 Å². The maximum absolute atomic E-state index is 13.4. The number of piperidine rings is 1. The number of thioether (sulfide) groups is 1. The average molecular weight is 475 g/mol. The Labute approximate surface area is 183 Å². The van der Waals surface area contributed by atoms with Crippen LogP contribution in [0.4, 0.5) is 14.5 Å². The van der Waals surface area contributed by atoms with Gasteiger partial charge in [-0.2, -0.15) is 4.31 Å². The van der Waals surface area contributed by atoms with Crippen LogP contribution in [-0.2, 0) is 14.8 Å². The summed E-state index contributed by atoms with van der Waals surface area (Å²) in [6, 6.07) is 7.59. The molecule has 0 saturated carbocycles. The zero-order valence-corrected chi connectivity index (χ0v) is 18.6. The van der Waals surface area contributed by atoms with E-state index in [0.29, 0.717) is 18.0 Å². The number of halogens is 3. The summed E-state index contributed by atoms with van der Waals surface area (Å²) in [6.07, 6.45) is 2.63. The van der Waals surface area contributed by atoms with Crippen molar-refractivity contribution in [2.45, 2.75) is 41.2 Å². The number of amides is 1. The molecule has 1 saturated heterocycles. The number of carbonyl (C=O) groups excluding carboxylic acids is 1. The quantitative estimate of drug-likeness (QED) is 0.604. The summed E-state index contributed by atoms with van der Waals surface area (Å²) >= 11 is 7.20.